The van der Waals surface area contributed by atoms with Crippen LogP contribution < -0.4 is 11.2 Å². The molecule has 7 nitrogen and oxygen atoms in total. The molecule has 0 unspecified atom stereocenters. The summed E-state index contributed by atoms with van der Waals surface area (Å²) in [6.07, 6.45) is 0.701. The van der Waals surface area contributed by atoms with E-state index in [2.05, 4.69) is 4.98 Å². The molecule has 0 N–H and O–H groups in total. The van der Waals surface area contributed by atoms with Crippen molar-refractivity contribution in [2.45, 2.75) is 33.7 Å². The Morgan fingerprint density at radius 2 is 1.74 bits per heavy atom. The maximum Gasteiger partial charge on any atom is 0.332 e. The lowest BCUT2D eigenvalue weighted by Crippen LogP contribution is -2.39. The van der Waals surface area contributed by atoms with E-state index >= 15 is 0 Å². The smallest absolute Gasteiger partial charge is 0.283 e. The lowest BCUT2D eigenvalue weighted by atomic mass is 10.3. The van der Waals surface area contributed by atoms with Gasteiger partial charge in [0.05, 0.1) is 0 Å². The van der Waals surface area contributed by atoms with Crippen LogP contribution in [0.3, 0.4) is 0 Å². The molecule has 0 atom stereocenters. The van der Waals surface area contributed by atoms with Gasteiger partial charge in [0.15, 0.2) is 11.2 Å². The number of fused-ring (bicyclic) bond motifs is 3. The maximum atomic E-state index is 13.1. The van der Waals surface area contributed by atoms with Gasteiger partial charge in [-0.25, -0.2) is 4.79 Å². The van der Waals surface area contributed by atoms with Gasteiger partial charge in [-0.05, 0) is 44.5 Å². The molecule has 0 saturated carbocycles. The average Bonchev–Trinajstić information content (AvgIpc) is 3.14. The molecule has 0 fully saturated rings. The predicted octanol–water partition coefficient (Wildman–Crippen LogP) is 2.82. The minimum absolute atomic E-state index is 0.307. The van der Waals surface area contributed by atoms with Gasteiger partial charge in [-0.15, -0.1) is 0 Å². The van der Waals surface area contributed by atoms with Crippen molar-refractivity contribution in [1.82, 2.24) is 23.1 Å². The van der Waals surface area contributed by atoms with Crippen LogP contribution in [0, 0.1) is 13.8 Å². The van der Waals surface area contributed by atoms with Gasteiger partial charge in [-0.2, -0.15) is 4.98 Å². The third kappa shape index (κ3) is 2.38. The first-order chi connectivity index (χ1) is 12.9. The topological polar surface area (TPSA) is 66.2 Å². The first kappa shape index (κ1) is 17.6. The fraction of sp³-hybridized carbons (Fsp3) is 0.316. The molecule has 0 bridgehead atoms. The lowest BCUT2D eigenvalue weighted by molar-refractivity contribution is 0.592. The second kappa shape index (κ2) is 6.13. The Bertz CT molecular complexity index is 1310. The number of imidazole rings is 2. The molecule has 3 aromatic heterocycles. The largest absolute Gasteiger partial charge is 0.332 e. The van der Waals surface area contributed by atoms with E-state index in [0.29, 0.717) is 34.9 Å². The first-order valence-electron chi connectivity index (χ1n) is 8.82. The van der Waals surface area contributed by atoms with Crippen LogP contribution in [0.5, 0.6) is 0 Å². The number of hydrogen-bond donors (Lipinski definition) is 0. The van der Waals surface area contributed by atoms with Crippen LogP contribution >= 0.6 is 11.6 Å². The molecular weight excluding hydrogens is 366 g/mol. The Hall–Kier alpha value is -2.80. The minimum Gasteiger partial charge on any atom is -0.283 e. The molecule has 27 heavy (non-hydrogen) atoms. The monoisotopic (exact) mass is 385 g/mol. The van der Waals surface area contributed by atoms with Gasteiger partial charge in [0.25, 0.3) is 5.56 Å². The Kier molecular flexibility index (Phi) is 3.99. The molecule has 8 heteroatoms. The summed E-state index contributed by atoms with van der Waals surface area (Å²) in [4.78, 5) is 30.3. The number of benzene rings is 1. The van der Waals surface area contributed by atoms with Crippen LogP contribution in [0.2, 0.25) is 5.02 Å². The highest BCUT2D eigenvalue weighted by Gasteiger charge is 2.22. The highest BCUT2D eigenvalue weighted by Crippen LogP contribution is 2.25. The average molecular weight is 386 g/mol. The highest BCUT2D eigenvalue weighted by atomic mass is 35.5. The quantitative estimate of drug-likeness (QED) is 0.544. The van der Waals surface area contributed by atoms with Crippen molar-refractivity contribution in [3.05, 3.63) is 61.5 Å². The van der Waals surface area contributed by atoms with Crippen molar-refractivity contribution in [2.24, 2.45) is 7.05 Å². The normalized spacial score (nSPS) is 11.7. The SMILES string of the molecule is CCCn1c(=O)c2c(nc3n(-c4ccc(Cl)cc4)c(C)c(C)n23)n(C)c1=O. The summed E-state index contributed by atoms with van der Waals surface area (Å²) in [5, 5.41) is 0.648. The van der Waals surface area contributed by atoms with Gasteiger partial charge in [0, 0.05) is 35.7 Å². The van der Waals surface area contributed by atoms with E-state index in [-0.39, 0.29) is 11.2 Å². The summed E-state index contributed by atoms with van der Waals surface area (Å²) in [6, 6.07) is 7.44. The van der Waals surface area contributed by atoms with Gasteiger partial charge in [-0.1, -0.05) is 18.5 Å². The predicted molar refractivity (Wildman–Crippen MR) is 106 cm³/mol. The van der Waals surface area contributed by atoms with E-state index in [1.54, 1.807) is 7.05 Å². The fourth-order valence-electron chi connectivity index (χ4n) is 3.57. The van der Waals surface area contributed by atoms with Crippen LogP contribution in [-0.2, 0) is 13.6 Å². The van der Waals surface area contributed by atoms with E-state index in [1.165, 1.54) is 9.13 Å². The van der Waals surface area contributed by atoms with E-state index < -0.39 is 0 Å². The Labute approximate surface area is 160 Å². The molecule has 4 aromatic rings. The Morgan fingerprint density at radius 3 is 2.37 bits per heavy atom. The van der Waals surface area contributed by atoms with Crippen LogP contribution in [0.15, 0.2) is 33.9 Å². The molecule has 0 aliphatic heterocycles. The van der Waals surface area contributed by atoms with E-state index in [0.717, 1.165) is 17.1 Å². The van der Waals surface area contributed by atoms with Crippen molar-refractivity contribution in [3.63, 3.8) is 0 Å². The van der Waals surface area contributed by atoms with Crippen LogP contribution in [-0.4, -0.2) is 23.1 Å². The third-order valence-electron chi connectivity index (χ3n) is 5.05. The van der Waals surface area contributed by atoms with Gasteiger partial charge in [0.1, 0.15) is 0 Å². The lowest BCUT2D eigenvalue weighted by Gasteiger charge is -2.07. The molecule has 1 aromatic carbocycles. The van der Waals surface area contributed by atoms with Crippen LogP contribution in [0.25, 0.3) is 22.6 Å². The van der Waals surface area contributed by atoms with Crippen molar-refractivity contribution in [2.75, 3.05) is 0 Å². The van der Waals surface area contributed by atoms with Crippen molar-refractivity contribution >= 4 is 28.5 Å². The molecular formula is C19H20ClN5O2. The van der Waals surface area contributed by atoms with Crippen LogP contribution in [0.1, 0.15) is 24.7 Å². The standard InChI is InChI=1S/C19H20ClN5O2/c1-5-10-23-17(26)15-16(22(4)19(23)27)21-18-24(11(2)12(3)25(15)18)14-8-6-13(20)7-9-14/h6-9H,5,10H2,1-4H3. The Morgan fingerprint density at radius 1 is 1.07 bits per heavy atom. The zero-order valence-corrected chi connectivity index (χ0v) is 16.4. The molecule has 0 aliphatic carbocycles. The molecule has 3 heterocycles. The zero-order chi connectivity index (χ0) is 19.5. The van der Waals surface area contributed by atoms with Crippen molar-refractivity contribution in [1.29, 1.82) is 0 Å². The maximum absolute atomic E-state index is 13.1. The number of hydrogen-bond acceptors (Lipinski definition) is 3. The second-order valence-corrected chi connectivity index (χ2v) is 7.14. The van der Waals surface area contributed by atoms with Gasteiger partial charge in [0.2, 0.25) is 5.78 Å². The number of aromatic nitrogens is 5. The summed E-state index contributed by atoms with van der Waals surface area (Å²) in [5.41, 5.74) is 2.93. The summed E-state index contributed by atoms with van der Waals surface area (Å²) < 4.78 is 6.54. The summed E-state index contributed by atoms with van der Waals surface area (Å²) >= 11 is 6.02. The molecule has 140 valence electrons. The molecule has 4 rings (SSSR count). The van der Waals surface area contributed by atoms with Gasteiger partial charge < -0.3 is 0 Å². The summed E-state index contributed by atoms with van der Waals surface area (Å²) in [6.45, 7) is 6.25. The molecule has 0 aliphatic rings. The minimum atomic E-state index is -0.345. The third-order valence-corrected chi connectivity index (χ3v) is 5.30. The first-order valence-corrected chi connectivity index (χ1v) is 9.20. The van der Waals surface area contributed by atoms with Gasteiger partial charge >= 0.3 is 5.69 Å². The van der Waals surface area contributed by atoms with E-state index in [9.17, 15) is 9.59 Å². The summed E-state index contributed by atoms with van der Waals surface area (Å²) in [7, 11) is 1.65. The van der Waals surface area contributed by atoms with E-state index in [4.69, 9.17) is 11.6 Å². The number of nitrogens with zero attached hydrogens (tertiary/aromatic N) is 5. The van der Waals surface area contributed by atoms with Crippen LogP contribution in [0.4, 0.5) is 0 Å². The number of rotatable bonds is 3. The van der Waals surface area contributed by atoms with E-state index in [1.807, 2.05) is 54.0 Å². The second-order valence-electron chi connectivity index (χ2n) is 6.70. The van der Waals surface area contributed by atoms with Gasteiger partial charge in [-0.3, -0.25) is 22.9 Å². The number of halogens is 1. The number of aryl methyl sites for hydroxylation is 2. The Balaban J connectivity index is 2.19. The fourth-order valence-corrected chi connectivity index (χ4v) is 3.70. The summed E-state index contributed by atoms with van der Waals surface area (Å²) in [5.74, 6) is 0.601. The molecule has 0 saturated heterocycles. The van der Waals surface area contributed by atoms with Crippen molar-refractivity contribution < 1.29 is 0 Å². The molecule has 0 spiro atoms. The zero-order valence-electron chi connectivity index (χ0n) is 15.7. The molecule has 0 radical (unpaired) electrons. The van der Waals surface area contributed by atoms with Crippen molar-refractivity contribution in [3.8, 4) is 5.69 Å². The molecule has 0 amide bonds. The highest BCUT2D eigenvalue weighted by molar-refractivity contribution is 6.30.